The number of nitrogens with zero attached hydrogens (tertiary/aromatic N) is 2. The van der Waals surface area contributed by atoms with E-state index < -0.39 is 15.6 Å². The SMILES string of the molecule is Cc1ccc(S(=O)(=O)n2ccnc2C2(O)c3ccccc3CCc3ccccc32)cc1. The summed E-state index contributed by atoms with van der Waals surface area (Å²) in [6, 6.07) is 21.9. The van der Waals surface area contributed by atoms with Crippen molar-refractivity contribution in [1.82, 2.24) is 8.96 Å². The Morgan fingerprint density at radius 1 is 0.871 bits per heavy atom. The molecule has 156 valence electrons. The second-order valence-electron chi connectivity index (χ2n) is 7.89. The highest BCUT2D eigenvalue weighted by molar-refractivity contribution is 7.90. The lowest BCUT2D eigenvalue weighted by Gasteiger charge is -2.30. The molecular formula is C25H22N2O3S. The van der Waals surface area contributed by atoms with Crippen LogP contribution >= 0.6 is 0 Å². The fraction of sp³-hybridized carbons (Fsp3) is 0.160. The fourth-order valence-corrected chi connectivity index (χ4v) is 5.73. The van der Waals surface area contributed by atoms with E-state index in [-0.39, 0.29) is 10.7 Å². The minimum absolute atomic E-state index is 0.0647. The van der Waals surface area contributed by atoms with Crippen molar-refractivity contribution in [3.63, 3.8) is 0 Å². The van der Waals surface area contributed by atoms with Gasteiger partial charge in [-0.15, -0.1) is 0 Å². The smallest absolute Gasteiger partial charge is 0.269 e. The number of hydrogen-bond acceptors (Lipinski definition) is 4. The van der Waals surface area contributed by atoms with E-state index in [0.29, 0.717) is 11.1 Å². The Bertz CT molecular complexity index is 1320. The van der Waals surface area contributed by atoms with Gasteiger partial charge in [0.2, 0.25) is 0 Å². The van der Waals surface area contributed by atoms with Gasteiger partial charge >= 0.3 is 0 Å². The van der Waals surface area contributed by atoms with Gasteiger partial charge in [-0.3, -0.25) is 0 Å². The molecule has 6 heteroatoms. The molecule has 1 aromatic heterocycles. The highest BCUT2D eigenvalue weighted by Gasteiger charge is 2.44. The summed E-state index contributed by atoms with van der Waals surface area (Å²) >= 11 is 0. The molecule has 5 rings (SSSR count). The molecular weight excluding hydrogens is 408 g/mol. The number of aliphatic hydroxyl groups is 1. The molecule has 0 atom stereocenters. The minimum atomic E-state index is -3.95. The second kappa shape index (κ2) is 7.18. The summed E-state index contributed by atoms with van der Waals surface area (Å²) in [4.78, 5) is 4.54. The van der Waals surface area contributed by atoms with Crippen molar-refractivity contribution < 1.29 is 13.5 Å². The molecule has 0 spiro atoms. The molecule has 4 aromatic rings. The van der Waals surface area contributed by atoms with E-state index in [2.05, 4.69) is 4.98 Å². The Hall–Kier alpha value is -3.22. The zero-order valence-corrected chi connectivity index (χ0v) is 17.9. The van der Waals surface area contributed by atoms with Crippen LogP contribution in [-0.2, 0) is 28.5 Å². The van der Waals surface area contributed by atoms with Crippen LogP contribution in [0.5, 0.6) is 0 Å². The third-order valence-corrected chi connectivity index (χ3v) is 7.67. The lowest BCUT2D eigenvalue weighted by atomic mass is 9.83. The van der Waals surface area contributed by atoms with Crippen molar-refractivity contribution in [1.29, 1.82) is 0 Å². The van der Waals surface area contributed by atoms with Crippen molar-refractivity contribution in [3.8, 4) is 0 Å². The van der Waals surface area contributed by atoms with Crippen LogP contribution in [0.3, 0.4) is 0 Å². The lowest BCUT2D eigenvalue weighted by molar-refractivity contribution is 0.114. The summed E-state index contributed by atoms with van der Waals surface area (Å²) in [5.74, 6) is 0.0647. The van der Waals surface area contributed by atoms with E-state index in [1.807, 2.05) is 55.5 Å². The molecule has 3 aromatic carbocycles. The molecule has 1 N–H and O–H groups in total. The normalized spacial score (nSPS) is 15.0. The topological polar surface area (TPSA) is 72.2 Å². The van der Waals surface area contributed by atoms with Crippen LogP contribution in [0.1, 0.15) is 33.6 Å². The van der Waals surface area contributed by atoms with Crippen molar-refractivity contribution in [2.24, 2.45) is 0 Å². The third-order valence-electron chi connectivity index (χ3n) is 5.99. The summed E-state index contributed by atoms with van der Waals surface area (Å²) < 4.78 is 28.2. The van der Waals surface area contributed by atoms with Gasteiger partial charge in [-0.2, -0.15) is 0 Å². The van der Waals surface area contributed by atoms with Crippen molar-refractivity contribution in [2.75, 3.05) is 0 Å². The highest BCUT2D eigenvalue weighted by atomic mass is 32.2. The first-order valence-electron chi connectivity index (χ1n) is 10.2. The van der Waals surface area contributed by atoms with Crippen LogP contribution < -0.4 is 0 Å². The van der Waals surface area contributed by atoms with Crippen molar-refractivity contribution in [3.05, 3.63) is 119 Å². The molecule has 0 bridgehead atoms. The second-order valence-corrected chi connectivity index (χ2v) is 9.70. The van der Waals surface area contributed by atoms with Crippen molar-refractivity contribution in [2.45, 2.75) is 30.3 Å². The van der Waals surface area contributed by atoms with Gasteiger partial charge in [-0.25, -0.2) is 17.4 Å². The van der Waals surface area contributed by atoms with E-state index in [1.165, 1.54) is 12.4 Å². The summed E-state index contributed by atoms with van der Waals surface area (Å²) in [6.07, 6.45) is 4.33. The van der Waals surface area contributed by atoms with E-state index >= 15 is 0 Å². The fourth-order valence-electron chi connectivity index (χ4n) is 4.40. The average Bonchev–Trinajstić information content (AvgIpc) is 3.25. The lowest BCUT2D eigenvalue weighted by Crippen LogP contribution is -2.35. The molecule has 0 unspecified atom stereocenters. The van der Waals surface area contributed by atoms with Gasteiger partial charge in [-0.1, -0.05) is 66.2 Å². The Kier molecular flexibility index (Phi) is 4.57. The summed E-state index contributed by atoms with van der Waals surface area (Å²) in [5, 5.41) is 12.3. The molecule has 0 amide bonds. The third kappa shape index (κ3) is 3.02. The maximum absolute atomic E-state index is 13.5. The number of benzene rings is 3. The molecule has 0 fully saturated rings. The van der Waals surface area contributed by atoms with Crippen LogP contribution in [0, 0.1) is 6.92 Å². The molecule has 31 heavy (non-hydrogen) atoms. The Labute approximate surface area is 181 Å². The first-order valence-corrected chi connectivity index (χ1v) is 11.6. The van der Waals surface area contributed by atoms with Gasteiger partial charge in [0.15, 0.2) is 11.4 Å². The van der Waals surface area contributed by atoms with Crippen LogP contribution in [0.4, 0.5) is 0 Å². The average molecular weight is 431 g/mol. The maximum atomic E-state index is 13.5. The number of hydrogen-bond donors (Lipinski definition) is 1. The van der Waals surface area contributed by atoms with Crippen LogP contribution in [0.25, 0.3) is 0 Å². The predicted octanol–water partition coefficient (Wildman–Crippen LogP) is 3.81. The number of aryl methyl sites for hydroxylation is 3. The van der Waals surface area contributed by atoms with Crippen LogP contribution in [0.2, 0.25) is 0 Å². The van der Waals surface area contributed by atoms with Gasteiger partial charge in [0.25, 0.3) is 10.0 Å². The predicted molar refractivity (Wildman–Crippen MR) is 118 cm³/mol. The molecule has 0 saturated carbocycles. The monoisotopic (exact) mass is 430 g/mol. The quantitative estimate of drug-likeness (QED) is 0.537. The summed E-state index contributed by atoms with van der Waals surface area (Å²) in [5.41, 5.74) is 2.53. The van der Waals surface area contributed by atoms with Crippen LogP contribution in [0.15, 0.2) is 90.1 Å². The molecule has 0 aliphatic heterocycles. The molecule has 1 heterocycles. The van der Waals surface area contributed by atoms with Crippen LogP contribution in [-0.4, -0.2) is 22.5 Å². The summed E-state index contributed by atoms with van der Waals surface area (Å²) in [6.45, 7) is 1.90. The first kappa shape index (κ1) is 19.7. The first-order chi connectivity index (χ1) is 14.9. The van der Waals surface area contributed by atoms with Gasteiger partial charge in [-0.05, 0) is 54.2 Å². The van der Waals surface area contributed by atoms with Gasteiger partial charge in [0.1, 0.15) is 0 Å². The largest absolute Gasteiger partial charge is 0.373 e. The van der Waals surface area contributed by atoms with Gasteiger partial charge in [0.05, 0.1) is 4.90 Å². The van der Waals surface area contributed by atoms with E-state index in [9.17, 15) is 13.5 Å². The van der Waals surface area contributed by atoms with E-state index in [0.717, 1.165) is 33.5 Å². The summed E-state index contributed by atoms with van der Waals surface area (Å²) in [7, 11) is -3.95. The Balaban J connectivity index is 1.80. The van der Waals surface area contributed by atoms with Gasteiger partial charge in [0, 0.05) is 12.4 Å². The number of rotatable bonds is 3. The highest BCUT2D eigenvalue weighted by Crippen LogP contribution is 2.42. The minimum Gasteiger partial charge on any atom is -0.373 e. The number of aromatic nitrogens is 2. The van der Waals surface area contributed by atoms with Crippen molar-refractivity contribution >= 4 is 10.0 Å². The van der Waals surface area contributed by atoms with E-state index in [4.69, 9.17) is 0 Å². The number of imidazole rings is 1. The molecule has 1 aliphatic carbocycles. The van der Waals surface area contributed by atoms with Gasteiger partial charge < -0.3 is 5.11 Å². The standard InChI is InChI=1S/C25H22N2O3S/c1-18-10-14-21(15-11-18)31(29,30)27-17-16-26-24(27)25(28)22-8-4-2-6-19(22)12-13-20-7-3-5-9-23(20)25/h2-11,14-17,28H,12-13H2,1H3. The molecule has 0 radical (unpaired) electrons. The zero-order valence-electron chi connectivity index (χ0n) is 17.1. The molecule has 1 aliphatic rings. The molecule has 5 nitrogen and oxygen atoms in total. The Morgan fingerprint density at radius 2 is 1.42 bits per heavy atom. The number of fused-ring (bicyclic) bond motifs is 2. The Morgan fingerprint density at radius 3 is 2.00 bits per heavy atom. The zero-order chi connectivity index (χ0) is 21.6. The maximum Gasteiger partial charge on any atom is 0.269 e. The van der Waals surface area contributed by atoms with E-state index in [1.54, 1.807) is 24.3 Å². The molecule has 0 saturated heterocycles.